The standard InChI is InChI=1S/C15H14F5IO7S/c1-3-7(2)11(22)27-10-6-8(4-5-9(10)21)12(23)28-13(14(16,17)18)15(19,20)29(24,25)26/h4-7,13H,3H2,1-2H3,(H,24,25,26)/p-1. The normalized spacial score (nSPS) is 14.8. The summed E-state index contributed by atoms with van der Waals surface area (Å²) in [6.45, 7) is 3.22. The van der Waals surface area contributed by atoms with Crippen LogP contribution in [0, 0.1) is 9.49 Å². The maximum absolute atomic E-state index is 13.4. The average Bonchev–Trinajstić information content (AvgIpc) is 2.58. The van der Waals surface area contributed by atoms with Gasteiger partial charge in [0.15, 0.2) is 10.1 Å². The van der Waals surface area contributed by atoms with Crippen LogP contribution in [0.1, 0.15) is 30.6 Å². The molecule has 7 nitrogen and oxygen atoms in total. The summed E-state index contributed by atoms with van der Waals surface area (Å²) in [7, 11) is -6.81. The van der Waals surface area contributed by atoms with Crippen LogP contribution >= 0.6 is 22.6 Å². The van der Waals surface area contributed by atoms with Gasteiger partial charge in [0, 0.05) is 0 Å². The van der Waals surface area contributed by atoms with E-state index in [-0.39, 0.29) is 9.32 Å². The highest BCUT2D eigenvalue weighted by molar-refractivity contribution is 14.1. The molecule has 0 bridgehead atoms. The van der Waals surface area contributed by atoms with Gasteiger partial charge in [-0.15, -0.1) is 0 Å². The number of ether oxygens (including phenoxy) is 2. The number of hydrogen-bond donors (Lipinski definition) is 0. The fourth-order valence-corrected chi connectivity index (χ4v) is 2.61. The van der Waals surface area contributed by atoms with E-state index in [1.807, 2.05) is 0 Å². The Morgan fingerprint density at radius 3 is 2.21 bits per heavy atom. The lowest BCUT2D eigenvalue weighted by molar-refractivity contribution is -0.248. The van der Waals surface area contributed by atoms with Crippen molar-refractivity contribution in [1.82, 2.24) is 0 Å². The van der Waals surface area contributed by atoms with Crippen molar-refractivity contribution in [1.29, 1.82) is 0 Å². The minimum Gasteiger partial charge on any atom is -0.743 e. The van der Waals surface area contributed by atoms with E-state index in [1.165, 1.54) is 6.92 Å². The molecule has 2 unspecified atom stereocenters. The Hall–Kier alpha value is -1.55. The first-order valence-electron chi connectivity index (χ1n) is 7.64. The van der Waals surface area contributed by atoms with E-state index in [2.05, 4.69) is 4.74 Å². The molecule has 0 aliphatic rings. The summed E-state index contributed by atoms with van der Waals surface area (Å²) in [6, 6.07) is 2.77. The van der Waals surface area contributed by atoms with Gasteiger partial charge in [-0.25, -0.2) is 13.2 Å². The zero-order valence-electron chi connectivity index (χ0n) is 14.6. The van der Waals surface area contributed by atoms with Gasteiger partial charge >= 0.3 is 23.4 Å². The highest BCUT2D eigenvalue weighted by Crippen LogP contribution is 2.38. The maximum Gasteiger partial charge on any atom is 0.432 e. The van der Waals surface area contributed by atoms with Crippen molar-refractivity contribution in [3.8, 4) is 5.75 Å². The number of alkyl halides is 5. The molecule has 1 rings (SSSR count). The number of hydrogen-bond acceptors (Lipinski definition) is 7. The second-order valence-electron chi connectivity index (χ2n) is 5.72. The van der Waals surface area contributed by atoms with Gasteiger partial charge in [0.05, 0.1) is 15.1 Å². The Kier molecular flexibility index (Phi) is 7.98. The smallest absolute Gasteiger partial charge is 0.432 e. The molecular weight excluding hydrogens is 546 g/mol. The third-order valence-corrected chi connectivity index (χ3v) is 5.32. The van der Waals surface area contributed by atoms with Crippen molar-refractivity contribution < 1.29 is 54.0 Å². The van der Waals surface area contributed by atoms with E-state index in [0.717, 1.165) is 18.2 Å². The van der Waals surface area contributed by atoms with Crippen molar-refractivity contribution in [3.63, 3.8) is 0 Å². The maximum atomic E-state index is 13.4. The van der Waals surface area contributed by atoms with E-state index >= 15 is 0 Å². The van der Waals surface area contributed by atoms with Crippen molar-refractivity contribution in [2.45, 2.75) is 37.8 Å². The first-order chi connectivity index (χ1) is 13.0. The number of esters is 2. The summed E-state index contributed by atoms with van der Waals surface area (Å²) in [5.41, 5.74) is -0.745. The molecule has 14 heteroatoms. The largest absolute Gasteiger partial charge is 0.743 e. The van der Waals surface area contributed by atoms with Gasteiger partial charge in [-0.1, -0.05) is 13.8 Å². The van der Waals surface area contributed by atoms with Crippen LogP contribution in [-0.2, 0) is 19.6 Å². The predicted molar refractivity (Wildman–Crippen MR) is 94.2 cm³/mol. The van der Waals surface area contributed by atoms with Gasteiger partial charge < -0.3 is 14.0 Å². The van der Waals surface area contributed by atoms with Crippen LogP contribution in [0.2, 0.25) is 0 Å². The molecule has 0 aliphatic carbocycles. The van der Waals surface area contributed by atoms with Crippen molar-refractivity contribution in [2.75, 3.05) is 0 Å². The SMILES string of the molecule is CCC(C)C(=O)Oc1cc(C(=O)OC(C(F)(F)F)C(F)(F)S(=O)(=O)[O-])ccc1I. The minimum absolute atomic E-state index is 0.253. The Balaban J connectivity index is 3.23. The zero-order valence-corrected chi connectivity index (χ0v) is 17.6. The first kappa shape index (κ1) is 25.5. The minimum atomic E-state index is -6.81. The van der Waals surface area contributed by atoms with Crippen LogP contribution in [0.3, 0.4) is 0 Å². The second kappa shape index (κ2) is 9.07. The number of halogens is 6. The molecule has 0 aliphatic heterocycles. The second-order valence-corrected chi connectivity index (χ2v) is 8.33. The molecule has 164 valence electrons. The molecule has 1 aromatic carbocycles. The van der Waals surface area contributed by atoms with E-state index < -0.39 is 51.1 Å². The highest BCUT2D eigenvalue weighted by atomic mass is 127. The Labute approximate surface area is 175 Å². The Morgan fingerprint density at radius 1 is 1.21 bits per heavy atom. The van der Waals surface area contributed by atoms with E-state index in [9.17, 15) is 44.5 Å². The summed E-state index contributed by atoms with van der Waals surface area (Å²) >= 11 is 1.68. The van der Waals surface area contributed by atoms with Crippen molar-refractivity contribution >= 4 is 44.6 Å². The third-order valence-electron chi connectivity index (χ3n) is 3.55. The van der Waals surface area contributed by atoms with Gasteiger partial charge in [0.25, 0.3) is 6.10 Å². The van der Waals surface area contributed by atoms with Crippen LogP contribution in [0.15, 0.2) is 18.2 Å². The lowest BCUT2D eigenvalue weighted by Gasteiger charge is -2.29. The molecule has 0 spiro atoms. The molecule has 0 fully saturated rings. The summed E-state index contributed by atoms with van der Waals surface area (Å²) in [5.74, 6) is -3.52. The van der Waals surface area contributed by atoms with Gasteiger partial charge in [-0.2, -0.15) is 22.0 Å². The number of benzene rings is 1. The van der Waals surface area contributed by atoms with Gasteiger partial charge in [0.2, 0.25) is 0 Å². The van der Waals surface area contributed by atoms with E-state index in [0.29, 0.717) is 6.42 Å². The van der Waals surface area contributed by atoms with Crippen LogP contribution in [-0.4, -0.2) is 42.4 Å². The predicted octanol–water partition coefficient (Wildman–Crippen LogP) is 3.47. The molecule has 1 aromatic rings. The lowest BCUT2D eigenvalue weighted by atomic mass is 10.1. The average molecular weight is 559 g/mol. The Morgan fingerprint density at radius 2 is 1.76 bits per heavy atom. The molecule has 0 aromatic heterocycles. The molecule has 0 N–H and O–H groups in total. The van der Waals surface area contributed by atoms with E-state index in [4.69, 9.17) is 4.74 Å². The van der Waals surface area contributed by atoms with Crippen molar-refractivity contribution in [2.24, 2.45) is 5.92 Å². The molecule has 0 heterocycles. The molecule has 0 saturated carbocycles. The monoisotopic (exact) mass is 559 g/mol. The summed E-state index contributed by atoms with van der Waals surface area (Å²) < 4.78 is 106. The van der Waals surface area contributed by atoms with Crippen LogP contribution in [0.5, 0.6) is 5.75 Å². The summed E-state index contributed by atoms with van der Waals surface area (Å²) in [6.07, 6.45) is -10.2. The number of carbonyl (C=O) groups excluding carboxylic acids is 2. The molecular formula is C15H13F5IO7S-. The lowest BCUT2D eigenvalue weighted by Crippen LogP contribution is -2.52. The van der Waals surface area contributed by atoms with Crippen LogP contribution < -0.4 is 4.74 Å². The van der Waals surface area contributed by atoms with Gasteiger partial charge in [-0.05, 0) is 47.2 Å². The third kappa shape index (κ3) is 6.21. The van der Waals surface area contributed by atoms with Crippen LogP contribution in [0.25, 0.3) is 0 Å². The topological polar surface area (TPSA) is 110 Å². The summed E-state index contributed by atoms with van der Waals surface area (Å²) in [4.78, 5) is 23.8. The van der Waals surface area contributed by atoms with Gasteiger partial charge in [0.1, 0.15) is 5.75 Å². The number of carbonyl (C=O) groups is 2. The highest BCUT2D eigenvalue weighted by Gasteiger charge is 2.63. The zero-order chi connectivity index (χ0) is 22.8. The fourth-order valence-electron chi connectivity index (χ4n) is 1.72. The first-order valence-corrected chi connectivity index (χ1v) is 10.1. The number of rotatable bonds is 7. The Bertz CT molecular complexity index is 886. The summed E-state index contributed by atoms with van der Waals surface area (Å²) in [5, 5.41) is -5.96. The fraction of sp³-hybridized carbons (Fsp3) is 0.467. The van der Waals surface area contributed by atoms with Gasteiger partial charge in [-0.3, -0.25) is 4.79 Å². The molecule has 0 saturated heterocycles. The quantitative estimate of drug-likeness (QED) is 0.166. The molecule has 29 heavy (non-hydrogen) atoms. The molecule has 0 radical (unpaired) electrons. The van der Waals surface area contributed by atoms with Crippen LogP contribution in [0.4, 0.5) is 22.0 Å². The molecule has 2 atom stereocenters. The van der Waals surface area contributed by atoms with Crippen molar-refractivity contribution in [3.05, 3.63) is 27.3 Å². The molecule has 0 amide bonds. The van der Waals surface area contributed by atoms with E-state index in [1.54, 1.807) is 29.5 Å².